The zero-order valence-electron chi connectivity index (χ0n) is 20.7. The second kappa shape index (κ2) is 8.78. The van der Waals surface area contributed by atoms with Gasteiger partial charge in [-0.3, -0.25) is 5.32 Å². The molecule has 0 aromatic heterocycles. The molecule has 8 atom stereocenters. The molecule has 0 spiro atoms. The predicted molar refractivity (Wildman–Crippen MR) is 146 cm³/mol. The van der Waals surface area contributed by atoms with Gasteiger partial charge < -0.3 is 4.57 Å². The highest BCUT2D eigenvalue weighted by Crippen LogP contribution is 2.59. The van der Waals surface area contributed by atoms with Crippen LogP contribution >= 0.6 is 0 Å². The van der Waals surface area contributed by atoms with Crippen LogP contribution in [0.25, 0.3) is 0 Å². The zero-order chi connectivity index (χ0) is 23.3. The van der Waals surface area contributed by atoms with Crippen LogP contribution in [0, 0.1) is 23.7 Å². The van der Waals surface area contributed by atoms with Gasteiger partial charge in [0.15, 0.2) is 0 Å². The van der Waals surface area contributed by atoms with Gasteiger partial charge in [-0.15, -0.1) is 0 Å². The van der Waals surface area contributed by atoms with Gasteiger partial charge in [-0.25, -0.2) is 0 Å². The maximum absolute atomic E-state index is 4.15. The zero-order valence-corrected chi connectivity index (χ0v) is 21.7. The molecular formula is C31H38N2Si. The van der Waals surface area contributed by atoms with E-state index < -0.39 is 8.24 Å². The molecule has 4 aliphatic carbocycles. The fraction of sp³-hybridized carbons (Fsp3) is 0.419. The van der Waals surface area contributed by atoms with Gasteiger partial charge in [-0.1, -0.05) is 123 Å². The fourth-order valence-electron chi connectivity index (χ4n) is 8.03. The number of hydrogen-bond donors (Lipinski definition) is 1. The molecule has 1 saturated heterocycles. The molecule has 1 saturated carbocycles. The summed E-state index contributed by atoms with van der Waals surface area (Å²) < 4.78 is 3.00. The van der Waals surface area contributed by atoms with Crippen molar-refractivity contribution in [3.63, 3.8) is 0 Å². The molecule has 176 valence electrons. The number of nitrogens with zero attached hydrogens (tertiary/aromatic N) is 1. The van der Waals surface area contributed by atoms with Gasteiger partial charge in [0, 0.05) is 18.0 Å². The van der Waals surface area contributed by atoms with E-state index >= 15 is 0 Å². The van der Waals surface area contributed by atoms with Crippen molar-refractivity contribution in [2.75, 3.05) is 0 Å². The molecule has 1 aromatic carbocycles. The van der Waals surface area contributed by atoms with Crippen LogP contribution in [0.5, 0.6) is 0 Å². The smallest absolute Gasteiger partial charge is 0.129 e. The molecule has 3 heteroatoms. The molecule has 1 N–H and O–H groups in total. The molecule has 1 aliphatic heterocycles. The molecule has 0 bridgehead atoms. The van der Waals surface area contributed by atoms with Gasteiger partial charge in [-0.2, -0.15) is 0 Å². The lowest BCUT2D eigenvalue weighted by molar-refractivity contribution is 0.311. The minimum Gasteiger partial charge on any atom is -0.301 e. The van der Waals surface area contributed by atoms with Crippen molar-refractivity contribution in [3.8, 4) is 0 Å². The van der Waals surface area contributed by atoms with Crippen LogP contribution in [-0.2, 0) is 0 Å². The molecule has 5 aliphatic rings. The third kappa shape index (κ3) is 3.44. The Kier molecular flexibility index (Phi) is 5.75. The molecule has 2 fully saturated rings. The lowest BCUT2D eigenvalue weighted by Gasteiger charge is -2.48. The number of fused-ring (bicyclic) bond motifs is 4. The van der Waals surface area contributed by atoms with Crippen molar-refractivity contribution < 1.29 is 0 Å². The minimum absolute atomic E-state index is 0.393. The summed E-state index contributed by atoms with van der Waals surface area (Å²) in [5.41, 5.74) is 2.13. The first-order valence-corrected chi connectivity index (χ1v) is 16.3. The molecule has 0 amide bonds. The Hall–Kier alpha value is -2.20. The largest absolute Gasteiger partial charge is 0.301 e. The van der Waals surface area contributed by atoms with Crippen molar-refractivity contribution in [2.45, 2.75) is 56.1 Å². The van der Waals surface area contributed by atoms with Crippen LogP contribution in [0.2, 0.25) is 18.6 Å². The van der Waals surface area contributed by atoms with Gasteiger partial charge in [-0.05, 0) is 41.2 Å². The SMILES string of the molecule is CC[C@@H]1NC2[C@@H](c3ccccc3)C=CC=C[C@H]2N1[Si](C)(C)C1C2C=CC=CC2C2C=CC=CC21. The molecule has 2 nitrogen and oxygen atoms in total. The van der Waals surface area contributed by atoms with Crippen LogP contribution < -0.4 is 5.32 Å². The highest BCUT2D eigenvalue weighted by atomic mass is 28.3. The molecule has 1 heterocycles. The monoisotopic (exact) mass is 466 g/mol. The summed E-state index contributed by atoms with van der Waals surface area (Å²) in [4.78, 5) is 0. The van der Waals surface area contributed by atoms with Crippen molar-refractivity contribution >= 4 is 8.24 Å². The quantitative estimate of drug-likeness (QED) is 0.504. The van der Waals surface area contributed by atoms with E-state index in [1.165, 1.54) is 5.56 Å². The molecule has 6 rings (SSSR count). The number of nitrogens with one attached hydrogen (secondary N) is 1. The second-order valence-electron chi connectivity index (χ2n) is 11.2. The van der Waals surface area contributed by atoms with Crippen LogP contribution in [0.4, 0.5) is 0 Å². The van der Waals surface area contributed by atoms with Crippen LogP contribution in [0.1, 0.15) is 24.8 Å². The molecule has 0 radical (unpaired) electrons. The second-order valence-corrected chi connectivity index (χ2v) is 15.7. The first kappa shape index (κ1) is 22.3. The Morgan fingerprint density at radius 1 is 0.735 bits per heavy atom. The van der Waals surface area contributed by atoms with E-state index in [9.17, 15) is 0 Å². The van der Waals surface area contributed by atoms with Crippen molar-refractivity contribution in [2.24, 2.45) is 23.7 Å². The van der Waals surface area contributed by atoms with E-state index in [4.69, 9.17) is 0 Å². The number of hydrogen-bond acceptors (Lipinski definition) is 2. The summed E-state index contributed by atoms with van der Waals surface area (Å²) in [7, 11) is -1.88. The minimum atomic E-state index is -1.88. The summed E-state index contributed by atoms with van der Waals surface area (Å²) in [5.74, 6) is 2.96. The normalized spacial score (nSPS) is 40.3. The van der Waals surface area contributed by atoms with Gasteiger partial charge >= 0.3 is 0 Å². The number of allylic oxidation sites excluding steroid dienone is 10. The van der Waals surface area contributed by atoms with Gasteiger partial charge in [0.2, 0.25) is 0 Å². The lowest BCUT2D eigenvalue weighted by Crippen LogP contribution is -2.60. The molecule has 5 unspecified atom stereocenters. The Bertz CT molecular complexity index is 1040. The maximum Gasteiger partial charge on any atom is 0.129 e. The first-order valence-electron chi connectivity index (χ1n) is 13.3. The van der Waals surface area contributed by atoms with Crippen molar-refractivity contribution in [3.05, 3.63) is 109 Å². The van der Waals surface area contributed by atoms with Gasteiger partial charge in [0.1, 0.15) is 8.24 Å². The average molecular weight is 467 g/mol. The van der Waals surface area contributed by atoms with E-state index in [2.05, 4.69) is 133 Å². The summed E-state index contributed by atoms with van der Waals surface area (Å²) >= 11 is 0. The Balaban J connectivity index is 1.39. The summed E-state index contributed by atoms with van der Waals surface area (Å²) in [6.07, 6.45) is 30.4. The summed E-state index contributed by atoms with van der Waals surface area (Å²) in [6, 6.07) is 11.9. The van der Waals surface area contributed by atoms with E-state index in [-0.39, 0.29) is 0 Å². The average Bonchev–Trinajstić information content (AvgIpc) is 3.34. The highest BCUT2D eigenvalue weighted by Gasteiger charge is 2.59. The molecule has 1 aromatic rings. The Labute approximate surface area is 206 Å². The van der Waals surface area contributed by atoms with Crippen LogP contribution in [-0.4, -0.2) is 31.1 Å². The fourth-order valence-corrected chi connectivity index (χ4v) is 13.0. The predicted octanol–water partition coefficient (Wildman–Crippen LogP) is 6.58. The number of benzene rings is 1. The third-order valence-electron chi connectivity index (χ3n) is 9.31. The van der Waals surface area contributed by atoms with E-state index in [0.29, 0.717) is 53.4 Å². The maximum atomic E-state index is 4.15. The van der Waals surface area contributed by atoms with Crippen molar-refractivity contribution in [1.82, 2.24) is 9.88 Å². The first-order chi connectivity index (χ1) is 16.6. The molecular weight excluding hydrogens is 428 g/mol. The molecule has 34 heavy (non-hydrogen) atoms. The van der Waals surface area contributed by atoms with E-state index in [0.717, 1.165) is 6.42 Å². The van der Waals surface area contributed by atoms with Gasteiger partial charge in [0.25, 0.3) is 0 Å². The van der Waals surface area contributed by atoms with Crippen molar-refractivity contribution in [1.29, 1.82) is 0 Å². The summed E-state index contributed by atoms with van der Waals surface area (Å²) in [6.45, 7) is 7.71. The van der Waals surface area contributed by atoms with E-state index in [1.807, 2.05) is 0 Å². The Morgan fingerprint density at radius 2 is 1.29 bits per heavy atom. The topological polar surface area (TPSA) is 15.3 Å². The standard InChI is InChI=1S/C31H38N2Si/c1-4-29-32-30-23(22-14-6-5-7-15-22)16-12-13-21-28(30)33(29)34(2,3)31-26-19-10-8-17-24(26)25-18-9-11-20-27(25)31/h5-21,23-32H,4H2,1-3H3/t23-,24?,25?,26?,27?,28-,29-,30?,31?/m1/s1. The highest BCUT2D eigenvalue weighted by molar-refractivity contribution is 6.76. The van der Waals surface area contributed by atoms with Crippen LogP contribution in [0.3, 0.4) is 0 Å². The number of rotatable bonds is 4. The van der Waals surface area contributed by atoms with E-state index in [1.54, 1.807) is 0 Å². The summed E-state index contributed by atoms with van der Waals surface area (Å²) in [5, 5.41) is 4.15. The lowest BCUT2D eigenvalue weighted by atomic mass is 9.83. The Morgan fingerprint density at radius 3 is 1.91 bits per heavy atom. The third-order valence-corrected chi connectivity index (χ3v) is 13.6. The van der Waals surface area contributed by atoms with Gasteiger partial charge in [0.05, 0.1) is 6.17 Å². The van der Waals surface area contributed by atoms with Crippen LogP contribution in [0.15, 0.2) is 103 Å².